The van der Waals surface area contributed by atoms with Crippen molar-refractivity contribution in [1.82, 2.24) is 24.8 Å². The lowest BCUT2D eigenvalue weighted by atomic mass is 10.1. The minimum Gasteiger partial charge on any atom is -0.447 e. The summed E-state index contributed by atoms with van der Waals surface area (Å²) in [5, 5.41) is 0. The minimum absolute atomic E-state index is 0.0899. The second-order valence-corrected chi connectivity index (χ2v) is 7.20. The second-order valence-electron chi connectivity index (χ2n) is 7.20. The number of amides is 1. The molecule has 0 aromatic carbocycles. The Morgan fingerprint density at radius 2 is 1.89 bits per heavy atom. The Bertz CT molecular complexity index is 769. The predicted octanol–water partition coefficient (Wildman–Crippen LogP) is 1.04. The maximum Gasteiger partial charge on any atom is 0.275 e. The molecular formula is C19H26N6O3. The quantitative estimate of drug-likeness (QED) is 0.753. The van der Waals surface area contributed by atoms with Gasteiger partial charge in [0.05, 0.1) is 6.54 Å². The van der Waals surface area contributed by atoms with Gasteiger partial charge >= 0.3 is 0 Å². The highest BCUT2D eigenvalue weighted by Crippen LogP contribution is 2.17. The van der Waals surface area contributed by atoms with Crippen molar-refractivity contribution in [2.75, 3.05) is 51.3 Å². The second kappa shape index (κ2) is 8.66. The summed E-state index contributed by atoms with van der Waals surface area (Å²) >= 11 is 0. The highest BCUT2D eigenvalue weighted by atomic mass is 16.5. The molecule has 2 aliphatic rings. The maximum atomic E-state index is 12.7. The number of carbonyl (C=O) groups is 1. The molecule has 0 spiro atoms. The molecule has 0 radical (unpaired) electrons. The van der Waals surface area contributed by atoms with E-state index in [1.54, 1.807) is 17.3 Å². The third kappa shape index (κ3) is 4.31. The Morgan fingerprint density at radius 1 is 1.18 bits per heavy atom. The van der Waals surface area contributed by atoms with Crippen LogP contribution < -0.4 is 4.90 Å². The third-order valence-corrected chi connectivity index (χ3v) is 5.40. The van der Waals surface area contributed by atoms with Gasteiger partial charge in [-0.1, -0.05) is 0 Å². The number of oxazole rings is 1. The summed E-state index contributed by atoms with van der Waals surface area (Å²) in [7, 11) is 1.83. The van der Waals surface area contributed by atoms with Crippen molar-refractivity contribution in [3.8, 4) is 0 Å². The van der Waals surface area contributed by atoms with Crippen LogP contribution in [0, 0.1) is 0 Å². The molecule has 4 heterocycles. The highest BCUT2D eigenvalue weighted by Gasteiger charge is 2.26. The average molecular weight is 386 g/mol. The fraction of sp³-hybridized carbons (Fsp3) is 0.579. The Kier molecular flexibility index (Phi) is 5.82. The summed E-state index contributed by atoms with van der Waals surface area (Å²) in [4.78, 5) is 31.9. The van der Waals surface area contributed by atoms with Gasteiger partial charge in [-0.2, -0.15) is 0 Å². The number of hydrogen-bond donors (Lipinski definition) is 0. The summed E-state index contributed by atoms with van der Waals surface area (Å²) in [6, 6.07) is 2.02. The first-order valence-corrected chi connectivity index (χ1v) is 9.74. The van der Waals surface area contributed by atoms with Crippen LogP contribution in [0.2, 0.25) is 0 Å². The van der Waals surface area contributed by atoms with Crippen molar-refractivity contribution in [2.45, 2.75) is 25.4 Å². The molecular weight excluding hydrogens is 360 g/mol. The molecule has 2 fully saturated rings. The number of rotatable bonds is 5. The van der Waals surface area contributed by atoms with Gasteiger partial charge in [-0.05, 0) is 18.9 Å². The third-order valence-electron chi connectivity index (χ3n) is 5.40. The van der Waals surface area contributed by atoms with Gasteiger partial charge in [-0.15, -0.1) is 0 Å². The number of aromatic nitrogens is 3. The Labute approximate surface area is 164 Å². The monoisotopic (exact) mass is 386 g/mol. The van der Waals surface area contributed by atoms with Gasteiger partial charge in [0.1, 0.15) is 6.26 Å². The molecule has 0 unspecified atom stereocenters. The van der Waals surface area contributed by atoms with Gasteiger partial charge in [-0.3, -0.25) is 9.69 Å². The minimum atomic E-state index is -0.0899. The molecule has 150 valence electrons. The molecule has 0 aliphatic carbocycles. The van der Waals surface area contributed by atoms with Gasteiger partial charge in [0.25, 0.3) is 5.91 Å². The summed E-state index contributed by atoms with van der Waals surface area (Å²) in [6.45, 7) is 5.43. The molecule has 2 saturated heterocycles. The van der Waals surface area contributed by atoms with Gasteiger partial charge < -0.3 is 19.0 Å². The van der Waals surface area contributed by atoms with Gasteiger partial charge in [0, 0.05) is 64.9 Å². The summed E-state index contributed by atoms with van der Waals surface area (Å²) in [5.41, 5.74) is 0.375. The lowest BCUT2D eigenvalue weighted by Crippen LogP contribution is -2.46. The van der Waals surface area contributed by atoms with Crippen molar-refractivity contribution >= 4 is 11.9 Å². The molecule has 9 nitrogen and oxygen atoms in total. The van der Waals surface area contributed by atoms with Crippen molar-refractivity contribution in [3.63, 3.8) is 0 Å². The molecule has 28 heavy (non-hydrogen) atoms. The highest BCUT2D eigenvalue weighted by molar-refractivity contribution is 5.92. The fourth-order valence-corrected chi connectivity index (χ4v) is 3.65. The molecule has 9 heteroatoms. The lowest BCUT2D eigenvalue weighted by Gasteiger charge is -2.33. The van der Waals surface area contributed by atoms with E-state index in [0.717, 1.165) is 45.0 Å². The first kappa shape index (κ1) is 18.8. The van der Waals surface area contributed by atoms with Crippen LogP contribution in [0.3, 0.4) is 0 Å². The molecule has 0 bridgehead atoms. The standard InChI is InChI=1S/C19H26N6O3/c1-23(15-3-11-27-12-4-15)18(26)16-14-28-17(22-16)13-24-7-9-25(10-8-24)19-20-5-2-6-21-19/h2,5-6,14-15H,3-4,7-13H2,1H3. The molecule has 2 aromatic heterocycles. The van der Waals surface area contributed by atoms with E-state index in [-0.39, 0.29) is 11.9 Å². The van der Waals surface area contributed by atoms with Crippen LogP contribution in [-0.4, -0.2) is 83.1 Å². The number of hydrogen-bond acceptors (Lipinski definition) is 8. The van der Waals surface area contributed by atoms with E-state index >= 15 is 0 Å². The number of nitrogens with zero attached hydrogens (tertiary/aromatic N) is 6. The molecule has 4 rings (SSSR count). The molecule has 1 amide bonds. The Balaban J connectivity index is 1.29. The number of piperazine rings is 1. The van der Waals surface area contributed by atoms with Gasteiger partial charge in [0.2, 0.25) is 11.8 Å². The van der Waals surface area contributed by atoms with Crippen molar-refractivity contribution < 1.29 is 13.9 Å². The lowest BCUT2D eigenvalue weighted by molar-refractivity contribution is 0.0359. The van der Waals surface area contributed by atoms with E-state index in [9.17, 15) is 4.79 Å². The number of ether oxygens (including phenoxy) is 1. The van der Waals surface area contributed by atoms with Crippen LogP contribution in [0.25, 0.3) is 0 Å². The van der Waals surface area contributed by atoms with Crippen LogP contribution in [0.4, 0.5) is 5.95 Å². The van der Waals surface area contributed by atoms with E-state index in [0.29, 0.717) is 31.3 Å². The van der Waals surface area contributed by atoms with Crippen molar-refractivity contribution in [1.29, 1.82) is 0 Å². The zero-order chi connectivity index (χ0) is 19.3. The predicted molar refractivity (Wildman–Crippen MR) is 102 cm³/mol. The summed E-state index contributed by atoms with van der Waals surface area (Å²) < 4.78 is 10.9. The molecule has 2 aliphatic heterocycles. The maximum absolute atomic E-state index is 12.7. The van der Waals surface area contributed by atoms with Crippen LogP contribution in [0.15, 0.2) is 29.1 Å². The zero-order valence-electron chi connectivity index (χ0n) is 16.2. The van der Waals surface area contributed by atoms with E-state index in [2.05, 4.69) is 24.8 Å². The zero-order valence-corrected chi connectivity index (χ0v) is 16.2. The normalized spacial score (nSPS) is 19.0. The van der Waals surface area contributed by atoms with Crippen molar-refractivity contribution in [3.05, 3.63) is 36.3 Å². The van der Waals surface area contributed by atoms with E-state index < -0.39 is 0 Å². The van der Waals surface area contributed by atoms with Crippen LogP contribution in [0.5, 0.6) is 0 Å². The first-order valence-electron chi connectivity index (χ1n) is 9.74. The van der Waals surface area contributed by atoms with Crippen LogP contribution >= 0.6 is 0 Å². The first-order chi connectivity index (χ1) is 13.7. The Hall–Kier alpha value is -2.52. The van der Waals surface area contributed by atoms with Gasteiger partial charge in [-0.25, -0.2) is 15.0 Å². The summed E-state index contributed by atoms with van der Waals surface area (Å²) in [6.07, 6.45) is 6.72. The fourth-order valence-electron chi connectivity index (χ4n) is 3.65. The van der Waals surface area contributed by atoms with Crippen LogP contribution in [0.1, 0.15) is 29.2 Å². The number of anilines is 1. The average Bonchev–Trinajstić information content (AvgIpc) is 3.23. The largest absolute Gasteiger partial charge is 0.447 e. The van der Waals surface area contributed by atoms with E-state index in [4.69, 9.17) is 9.15 Å². The van der Waals surface area contributed by atoms with E-state index in [1.165, 1.54) is 6.26 Å². The van der Waals surface area contributed by atoms with Crippen LogP contribution in [-0.2, 0) is 11.3 Å². The van der Waals surface area contributed by atoms with Crippen molar-refractivity contribution in [2.24, 2.45) is 0 Å². The molecule has 2 aromatic rings. The van der Waals surface area contributed by atoms with E-state index in [1.807, 2.05) is 13.1 Å². The van der Waals surface area contributed by atoms with Gasteiger partial charge in [0.15, 0.2) is 5.69 Å². The summed E-state index contributed by atoms with van der Waals surface area (Å²) in [5.74, 6) is 1.25. The SMILES string of the molecule is CN(C(=O)c1coc(CN2CCN(c3ncccn3)CC2)n1)C1CCOCC1. The topological polar surface area (TPSA) is 87.8 Å². The molecule has 0 saturated carbocycles. The smallest absolute Gasteiger partial charge is 0.275 e. The Morgan fingerprint density at radius 3 is 2.61 bits per heavy atom. The molecule has 0 atom stereocenters. The number of carbonyl (C=O) groups excluding carboxylic acids is 1. The molecule has 0 N–H and O–H groups in total.